The summed E-state index contributed by atoms with van der Waals surface area (Å²) in [5.41, 5.74) is 7.36. The highest BCUT2D eigenvalue weighted by Gasteiger charge is 2.13. The van der Waals surface area contributed by atoms with Gasteiger partial charge in [-0.3, -0.25) is 4.57 Å². The van der Waals surface area contributed by atoms with Crippen LogP contribution in [0, 0.1) is 11.6 Å². The molecule has 1 aromatic heterocycles. The van der Waals surface area contributed by atoms with Gasteiger partial charge < -0.3 is 5.73 Å². The first-order valence-electron chi connectivity index (χ1n) is 5.46. The fraction of sp³-hybridized carbons (Fsp3) is 0. The van der Waals surface area contributed by atoms with Gasteiger partial charge in [0.1, 0.15) is 5.52 Å². The molecule has 0 atom stereocenters. The molecule has 0 unspecified atom stereocenters. The number of fused-ring (bicyclic) bond motifs is 1. The molecule has 6 heteroatoms. The summed E-state index contributed by atoms with van der Waals surface area (Å²) in [5.74, 6) is -1.69. The van der Waals surface area contributed by atoms with Crippen LogP contribution in [0.5, 0.6) is 0 Å². The molecule has 3 aromatic rings. The number of nitrogen functional groups attached to an aromatic ring is 1. The van der Waals surface area contributed by atoms with Crippen molar-refractivity contribution in [2.24, 2.45) is 0 Å². The maximum absolute atomic E-state index is 13.3. The van der Waals surface area contributed by atoms with E-state index in [-0.39, 0.29) is 5.95 Å². The molecule has 0 saturated heterocycles. The molecular formula is C13H8ClF2N3. The SMILES string of the molecule is Nc1nc2c(Cl)cccc2n1-c1ccc(F)c(F)c1. The molecule has 0 spiro atoms. The van der Waals surface area contributed by atoms with Crippen LogP contribution in [0.1, 0.15) is 0 Å². The zero-order valence-corrected chi connectivity index (χ0v) is 10.3. The molecule has 0 aliphatic heterocycles. The van der Waals surface area contributed by atoms with E-state index in [2.05, 4.69) is 4.98 Å². The van der Waals surface area contributed by atoms with Crippen LogP contribution >= 0.6 is 11.6 Å². The largest absolute Gasteiger partial charge is 0.369 e. The minimum atomic E-state index is -0.944. The van der Waals surface area contributed by atoms with Crippen molar-refractivity contribution in [1.82, 2.24) is 9.55 Å². The number of hydrogen-bond acceptors (Lipinski definition) is 2. The minimum Gasteiger partial charge on any atom is -0.369 e. The van der Waals surface area contributed by atoms with E-state index >= 15 is 0 Å². The smallest absolute Gasteiger partial charge is 0.205 e. The highest BCUT2D eigenvalue weighted by molar-refractivity contribution is 6.35. The summed E-state index contributed by atoms with van der Waals surface area (Å²) >= 11 is 6.02. The second-order valence-corrected chi connectivity index (χ2v) is 4.42. The van der Waals surface area contributed by atoms with Crippen molar-refractivity contribution in [2.75, 3.05) is 5.73 Å². The van der Waals surface area contributed by atoms with Gasteiger partial charge in [0, 0.05) is 6.07 Å². The van der Waals surface area contributed by atoms with E-state index in [9.17, 15) is 8.78 Å². The minimum absolute atomic E-state index is 0.161. The summed E-state index contributed by atoms with van der Waals surface area (Å²) in [5, 5.41) is 0.450. The summed E-state index contributed by atoms with van der Waals surface area (Å²) in [6, 6.07) is 8.71. The Morgan fingerprint density at radius 1 is 1.11 bits per heavy atom. The molecule has 0 bridgehead atoms. The topological polar surface area (TPSA) is 43.8 Å². The first-order valence-corrected chi connectivity index (χ1v) is 5.83. The number of aromatic nitrogens is 2. The van der Waals surface area contributed by atoms with Crippen LogP contribution in [0.3, 0.4) is 0 Å². The Bertz CT molecular complexity index is 783. The van der Waals surface area contributed by atoms with E-state index in [1.807, 2.05) is 0 Å². The van der Waals surface area contributed by atoms with Crippen LogP contribution in [-0.2, 0) is 0 Å². The Labute approximate surface area is 112 Å². The molecule has 0 aliphatic rings. The second kappa shape index (κ2) is 4.20. The maximum atomic E-state index is 13.3. The van der Waals surface area contributed by atoms with Crippen molar-refractivity contribution in [2.45, 2.75) is 0 Å². The quantitative estimate of drug-likeness (QED) is 0.740. The molecular weight excluding hydrogens is 272 g/mol. The molecule has 19 heavy (non-hydrogen) atoms. The van der Waals surface area contributed by atoms with Gasteiger partial charge >= 0.3 is 0 Å². The van der Waals surface area contributed by atoms with Crippen molar-refractivity contribution < 1.29 is 8.78 Å². The lowest BCUT2D eigenvalue weighted by molar-refractivity contribution is 0.508. The molecule has 0 amide bonds. The predicted molar refractivity (Wildman–Crippen MR) is 70.4 cm³/mol. The van der Waals surface area contributed by atoms with Crippen LogP contribution in [0.25, 0.3) is 16.7 Å². The van der Waals surface area contributed by atoms with Crippen LogP contribution in [0.4, 0.5) is 14.7 Å². The first kappa shape index (κ1) is 11.9. The number of anilines is 1. The average Bonchev–Trinajstić information content (AvgIpc) is 2.71. The first-order chi connectivity index (χ1) is 9.08. The van der Waals surface area contributed by atoms with Crippen molar-refractivity contribution in [1.29, 1.82) is 0 Å². The molecule has 3 nitrogen and oxygen atoms in total. The van der Waals surface area contributed by atoms with E-state index in [0.717, 1.165) is 12.1 Å². The van der Waals surface area contributed by atoms with Gasteiger partial charge in [0.2, 0.25) is 5.95 Å². The number of imidazole rings is 1. The van der Waals surface area contributed by atoms with E-state index < -0.39 is 11.6 Å². The summed E-state index contributed by atoms with van der Waals surface area (Å²) in [7, 11) is 0. The highest BCUT2D eigenvalue weighted by Crippen LogP contribution is 2.28. The van der Waals surface area contributed by atoms with Crippen molar-refractivity contribution in [3.05, 3.63) is 53.1 Å². The predicted octanol–water partition coefficient (Wildman–Crippen LogP) is 3.54. The molecule has 3 rings (SSSR count). The summed E-state index contributed by atoms with van der Waals surface area (Å²) in [6.07, 6.45) is 0. The number of halogens is 3. The van der Waals surface area contributed by atoms with E-state index in [4.69, 9.17) is 17.3 Å². The molecule has 0 fully saturated rings. The average molecular weight is 280 g/mol. The number of nitrogens with zero attached hydrogens (tertiary/aromatic N) is 2. The Balaban J connectivity index is 2.33. The Hall–Kier alpha value is -2.14. The molecule has 0 aliphatic carbocycles. The van der Waals surface area contributed by atoms with Gasteiger partial charge in [-0.2, -0.15) is 0 Å². The van der Waals surface area contributed by atoms with E-state index in [1.54, 1.807) is 18.2 Å². The number of rotatable bonds is 1. The molecule has 2 N–H and O–H groups in total. The van der Waals surface area contributed by atoms with Crippen LogP contribution < -0.4 is 5.73 Å². The molecule has 2 aromatic carbocycles. The van der Waals surface area contributed by atoms with Crippen molar-refractivity contribution in [3.63, 3.8) is 0 Å². The van der Waals surface area contributed by atoms with E-state index in [0.29, 0.717) is 21.7 Å². The Kier molecular flexibility index (Phi) is 2.64. The lowest BCUT2D eigenvalue weighted by atomic mass is 10.2. The third kappa shape index (κ3) is 1.82. The Morgan fingerprint density at radius 2 is 1.89 bits per heavy atom. The van der Waals surface area contributed by atoms with E-state index in [1.165, 1.54) is 10.6 Å². The zero-order chi connectivity index (χ0) is 13.6. The number of para-hydroxylation sites is 1. The number of hydrogen-bond donors (Lipinski definition) is 1. The fourth-order valence-electron chi connectivity index (χ4n) is 1.98. The fourth-order valence-corrected chi connectivity index (χ4v) is 2.19. The maximum Gasteiger partial charge on any atom is 0.205 e. The van der Waals surface area contributed by atoms with Gasteiger partial charge in [0.15, 0.2) is 11.6 Å². The van der Waals surface area contributed by atoms with Gasteiger partial charge in [0.05, 0.1) is 16.2 Å². The van der Waals surface area contributed by atoms with Gasteiger partial charge in [-0.05, 0) is 24.3 Å². The molecule has 0 saturated carbocycles. The summed E-state index contributed by atoms with van der Waals surface area (Å²) in [6.45, 7) is 0. The third-order valence-electron chi connectivity index (χ3n) is 2.82. The van der Waals surface area contributed by atoms with Gasteiger partial charge in [-0.15, -0.1) is 0 Å². The molecule has 96 valence electrons. The zero-order valence-electron chi connectivity index (χ0n) is 9.57. The van der Waals surface area contributed by atoms with Crippen molar-refractivity contribution >= 4 is 28.6 Å². The summed E-state index contributed by atoms with van der Waals surface area (Å²) in [4.78, 5) is 4.13. The lowest BCUT2D eigenvalue weighted by Gasteiger charge is -2.06. The Morgan fingerprint density at radius 3 is 2.63 bits per heavy atom. The van der Waals surface area contributed by atoms with Crippen LogP contribution in [-0.4, -0.2) is 9.55 Å². The summed E-state index contributed by atoms with van der Waals surface area (Å²) < 4.78 is 27.8. The normalized spacial score (nSPS) is 11.1. The molecule has 1 heterocycles. The van der Waals surface area contributed by atoms with Gasteiger partial charge in [-0.25, -0.2) is 13.8 Å². The number of nitrogens with two attached hydrogens (primary N) is 1. The van der Waals surface area contributed by atoms with Gasteiger partial charge in [-0.1, -0.05) is 17.7 Å². The second-order valence-electron chi connectivity index (χ2n) is 4.01. The molecule has 0 radical (unpaired) electrons. The third-order valence-corrected chi connectivity index (χ3v) is 3.13. The lowest BCUT2D eigenvalue weighted by Crippen LogP contribution is -2.01. The monoisotopic (exact) mass is 279 g/mol. The van der Waals surface area contributed by atoms with Gasteiger partial charge in [0.25, 0.3) is 0 Å². The number of benzene rings is 2. The highest BCUT2D eigenvalue weighted by atomic mass is 35.5. The standard InChI is InChI=1S/C13H8ClF2N3/c14-8-2-1-3-11-12(8)18-13(17)19(11)7-4-5-9(15)10(16)6-7/h1-6H,(H2,17,18). The van der Waals surface area contributed by atoms with Crippen LogP contribution in [0.15, 0.2) is 36.4 Å². The van der Waals surface area contributed by atoms with Crippen molar-refractivity contribution in [3.8, 4) is 5.69 Å². The van der Waals surface area contributed by atoms with Crippen LogP contribution in [0.2, 0.25) is 5.02 Å².